The van der Waals surface area contributed by atoms with Gasteiger partial charge in [-0.25, -0.2) is 9.91 Å². The second-order valence-electron chi connectivity index (χ2n) is 7.19. The van der Waals surface area contributed by atoms with Gasteiger partial charge in [0, 0.05) is 5.02 Å². The SMILES string of the molecule is Cc1ccc(N2N=N[C@H]3C(=O)N(c4ccc5c(c4)CCC5)C(=O)[C@@H]32)cc1Cl. The summed E-state index contributed by atoms with van der Waals surface area (Å²) in [5, 5.41) is 10.2. The number of carbonyl (C=O) groups is 2. The Morgan fingerprint density at radius 2 is 1.78 bits per heavy atom. The number of hydrogen-bond acceptors (Lipinski definition) is 5. The summed E-state index contributed by atoms with van der Waals surface area (Å²) in [4.78, 5) is 27.3. The standard InChI is InChI=1S/C20H17ClN4O2/c1-11-5-7-15(10-16(11)21)25-18-17(22-23-25)19(26)24(20(18)27)14-8-6-12-3-2-4-13(12)9-14/h5-10,17-18H,2-4H2,1H3/t17-,18-/m1/s1. The average Bonchev–Trinajstić information content (AvgIpc) is 3.34. The van der Waals surface area contributed by atoms with Crippen LogP contribution in [0.15, 0.2) is 46.7 Å². The molecule has 2 heterocycles. The zero-order valence-corrected chi connectivity index (χ0v) is 15.5. The second kappa shape index (κ2) is 5.89. The van der Waals surface area contributed by atoms with E-state index in [9.17, 15) is 9.59 Å². The van der Waals surface area contributed by atoms with Crippen molar-refractivity contribution in [3.8, 4) is 0 Å². The van der Waals surface area contributed by atoms with Gasteiger partial charge in [0.1, 0.15) is 0 Å². The number of aryl methyl sites for hydroxylation is 3. The van der Waals surface area contributed by atoms with E-state index < -0.39 is 12.1 Å². The molecule has 2 aromatic carbocycles. The predicted octanol–water partition coefficient (Wildman–Crippen LogP) is 3.63. The van der Waals surface area contributed by atoms with Gasteiger partial charge >= 0.3 is 0 Å². The highest BCUT2D eigenvalue weighted by Gasteiger charge is 2.55. The van der Waals surface area contributed by atoms with E-state index >= 15 is 0 Å². The molecule has 0 N–H and O–H groups in total. The van der Waals surface area contributed by atoms with Crippen LogP contribution in [0.3, 0.4) is 0 Å². The first-order valence-electron chi connectivity index (χ1n) is 9.00. The van der Waals surface area contributed by atoms with Crippen LogP contribution >= 0.6 is 11.6 Å². The van der Waals surface area contributed by atoms with E-state index in [4.69, 9.17) is 11.6 Å². The van der Waals surface area contributed by atoms with Crippen LogP contribution in [0.5, 0.6) is 0 Å². The maximum atomic E-state index is 13.1. The molecular formula is C20H17ClN4O2. The largest absolute Gasteiger partial charge is 0.271 e. The number of amides is 2. The van der Waals surface area contributed by atoms with Gasteiger partial charge in [-0.15, -0.1) is 0 Å². The Morgan fingerprint density at radius 1 is 1.00 bits per heavy atom. The summed E-state index contributed by atoms with van der Waals surface area (Å²) in [5.74, 6) is -0.628. The Balaban J connectivity index is 1.50. The highest BCUT2D eigenvalue weighted by Crippen LogP contribution is 2.37. The lowest BCUT2D eigenvalue weighted by atomic mass is 10.1. The van der Waals surface area contributed by atoms with E-state index in [0.717, 1.165) is 24.8 Å². The van der Waals surface area contributed by atoms with Crippen LogP contribution in [0, 0.1) is 6.92 Å². The van der Waals surface area contributed by atoms with Crippen LogP contribution in [-0.2, 0) is 22.4 Å². The van der Waals surface area contributed by atoms with Gasteiger partial charge in [-0.05, 0) is 67.1 Å². The molecule has 0 spiro atoms. The van der Waals surface area contributed by atoms with Crippen molar-refractivity contribution >= 4 is 34.8 Å². The maximum absolute atomic E-state index is 13.1. The van der Waals surface area contributed by atoms with Crippen LogP contribution in [0.25, 0.3) is 0 Å². The summed E-state index contributed by atoms with van der Waals surface area (Å²) in [5.41, 5.74) is 4.72. The van der Waals surface area contributed by atoms with Crippen molar-refractivity contribution in [1.82, 2.24) is 0 Å². The fourth-order valence-electron chi connectivity index (χ4n) is 4.05. The zero-order valence-electron chi connectivity index (χ0n) is 14.7. The first-order chi connectivity index (χ1) is 13.0. The third kappa shape index (κ3) is 2.40. The highest BCUT2D eigenvalue weighted by atomic mass is 35.5. The lowest BCUT2D eigenvalue weighted by Gasteiger charge is -2.21. The smallest absolute Gasteiger partial charge is 0.263 e. The Labute approximate surface area is 161 Å². The van der Waals surface area contributed by atoms with Gasteiger partial charge in [0.05, 0.1) is 11.4 Å². The predicted molar refractivity (Wildman–Crippen MR) is 102 cm³/mol. The molecule has 0 bridgehead atoms. The molecule has 2 aliphatic heterocycles. The van der Waals surface area contributed by atoms with Gasteiger partial charge in [-0.2, -0.15) is 5.11 Å². The molecule has 5 rings (SSSR count). The van der Waals surface area contributed by atoms with Gasteiger partial charge < -0.3 is 0 Å². The molecule has 1 saturated heterocycles. The molecular weight excluding hydrogens is 364 g/mol. The number of rotatable bonds is 2. The van der Waals surface area contributed by atoms with E-state index in [1.54, 1.807) is 6.07 Å². The molecule has 7 heteroatoms. The van der Waals surface area contributed by atoms with Gasteiger partial charge in [0.25, 0.3) is 11.8 Å². The number of fused-ring (bicyclic) bond motifs is 2. The van der Waals surface area contributed by atoms with Crippen molar-refractivity contribution < 1.29 is 9.59 Å². The summed E-state index contributed by atoms with van der Waals surface area (Å²) < 4.78 is 0. The highest BCUT2D eigenvalue weighted by molar-refractivity contribution is 6.31. The van der Waals surface area contributed by atoms with Crippen LogP contribution in [0.2, 0.25) is 5.02 Å². The lowest BCUT2D eigenvalue weighted by Crippen LogP contribution is -2.40. The Bertz CT molecular complexity index is 1020. The van der Waals surface area contributed by atoms with Crippen molar-refractivity contribution in [1.29, 1.82) is 0 Å². The van der Waals surface area contributed by atoms with Crippen LogP contribution < -0.4 is 9.91 Å². The molecule has 27 heavy (non-hydrogen) atoms. The van der Waals surface area contributed by atoms with Gasteiger partial charge in [-0.1, -0.05) is 29.0 Å². The molecule has 1 aliphatic carbocycles. The number of anilines is 2. The zero-order chi connectivity index (χ0) is 18.7. The van der Waals surface area contributed by atoms with Gasteiger partial charge in [0.15, 0.2) is 12.1 Å². The van der Waals surface area contributed by atoms with E-state index in [1.807, 2.05) is 37.3 Å². The third-order valence-electron chi connectivity index (χ3n) is 5.54. The number of imide groups is 1. The van der Waals surface area contributed by atoms with Crippen LogP contribution in [0.1, 0.15) is 23.1 Å². The van der Waals surface area contributed by atoms with E-state index in [1.165, 1.54) is 21.0 Å². The molecule has 3 aliphatic rings. The third-order valence-corrected chi connectivity index (χ3v) is 5.95. The second-order valence-corrected chi connectivity index (χ2v) is 7.60. The molecule has 0 unspecified atom stereocenters. The summed E-state index contributed by atoms with van der Waals surface area (Å²) in [7, 11) is 0. The Hall–Kier alpha value is -2.73. The minimum atomic E-state index is -0.814. The van der Waals surface area contributed by atoms with Crippen molar-refractivity contribution in [2.75, 3.05) is 9.91 Å². The van der Waals surface area contributed by atoms with Gasteiger partial charge in [0.2, 0.25) is 0 Å². The molecule has 136 valence electrons. The first kappa shape index (κ1) is 16.4. The van der Waals surface area contributed by atoms with E-state index in [-0.39, 0.29) is 11.8 Å². The molecule has 0 aromatic heterocycles. The number of carbonyl (C=O) groups excluding carboxylic acids is 2. The number of nitrogens with zero attached hydrogens (tertiary/aromatic N) is 4. The molecule has 0 radical (unpaired) electrons. The molecule has 2 atom stereocenters. The summed E-state index contributed by atoms with van der Waals surface area (Å²) in [6, 6.07) is 9.70. The summed E-state index contributed by atoms with van der Waals surface area (Å²) >= 11 is 6.22. The van der Waals surface area contributed by atoms with Crippen LogP contribution in [-0.4, -0.2) is 23.9 Å². The number of hydrogen-bond donors (Lipinski definition) is 0. The molecule has 0 saturated carbocycles. The number of halogens is 1. The maximum Gasteiger partial charge on any atom is 0.263 e. The topological polar surface area (TPSA) is 65.3 Å². The normalized spacial score (nSPS) is 23.3. The number of benzene rings is 2. The first-order valence-corrected chi connectivity index (χ1v) is 9.38. The monoisotopic (exact) mass is 380 g/mol. The molecule has 1 fully saturated rings. The van der Waals surface area contributed by atoms with Crippen LogP contribution in [0.4, 0.5) is 11.4 Å². The molecule has 6 nitrogen and oxygen atoms in total. The quantitative estimate of drug-likeness (QED) is 0.747. The summed E-state index contributed by atoms with van der Waals surface area (Å²) in [6.07, 6.45) is 3.15. The Kier molecular flexibility index (Phi) is 3.59. The lowest BCUT2D eigenvalue weighted by molar-refractivity contribution is -0.121. The van der Waals surface area contributed by atoms with E-state index in [2.05, 4.69) is 10.3 Å². The van der Waals surface area contributed by atoms with Crippen molar-refractivity contribution in [2.24, 2.45) is 10.3 Å². The summed E-state index contributed by atoms with van der Waals surface area (Å²) in [6.45, 7) is 1.90. The van der Waals surface area contributed by atoms with E-state index in [0.29, 0.717) is 16.4 Å². The van der Waals surface area contributed by atoms with Crippen molar-refractivity contribution in [2.45, 2.75) is 38.3 Å². The van der Waals surface area contributed by atoms with Crippen molar-refractivity contribution in [3.05, 3.63) is 58.1 Å². The Morgan fingerprint density at radius 3 is 2.59 bits per heavy atom. The molecule has 2 aromatic rings. The minimum Gasteiger partial charge on any atom is -0.271 e. The minimum absolute atomic E-state index is 0.301. The van der Waals surface area contributed by atoms with Gasteiger partial charge in [-0.3, -0.25) is 9.59 Å². The van der Waals surface area contributed by atoms with Crippen molar-refractivity contribution in [3.63, 3.8) is 0 Å². The average molecular weight is 381 g/mol. The molecule has 2 amide bonds. The fraction of sp³-hybridized carbons (Fsp3) is 0.300. The fourth-order valence-corrected chi connectivity index (χ4v) is 4.22.